The van der Waals surface area contributed by atoms with Gasteiger partial charge in [-0.2, -0.15) is 0 Å². The van der Waals surface area contributed by atoms with Gasteiger partial charge < -0.3 is 14.6 Å². The van der Waals surface area contributed by atoms with Crippen molar-refractivity contribution in [3.05, 3.63) is 24.3 Å². The first kappa shape index (κ1) is 22.7. The fourth-order valence-corrected chi connectivity index (χ4v) is 6.10. The van der Waals surface area contributed by atoms with Crippen LogP contribution in [0.15, 0.2) is 24.3 Å². The number of allylic oxidation sites excluding steroid dienone is 2. The van der Waals surface area contributed by atoms with Gasteiger partial charge in [0.05, 0.1) is 25.7 Å². The van der Waals surface area contributed by atoms with Crippen LogP contribution in [0.25, 0.3) is 0 Å². The lowest BCUT2D eigenvalue weighted by Gasteiger charge is -2.59. The molecule has 2 fully saturated rings. The maximum Gasteiger partial charge on any atom is 0.317 e. The zero-order chi connectivity index (χ0) is 22.3. The highest BCUT2D eigenvalue weighted by Crippen LogP contribution is 2.63. The van der Waals surface area contributed by atoms with Crippen molar-refractivity contribution in [3.63, 3.8) is 0 Å². The van der Waals surface area contributed by atoms with Crippen molar-refractivity contribution in [1.29, 1.82) is 0 Å². The average molecular weight is 419 g/mol. The maximum absolute atomic E-state index is 13.3. The second-order valence-corrected chi connectivity index (χ2v) is 10.0. The Morgan fingerprint density at radius 2 is 1.97 bits per heavy atom. The number of Topliss-reactive ketones (excluding diaryl/α,β-unsaturated/α-hetero) is 1. The van der Waals surface area contributed by atoms with Crippen molar-refractivity contribution in [2.45, 2.75) is 65.4 Å². The Bertz CT molecular complexity index is 785. The molecule has 0 heterocycles. The number of esters is 2. The summed E-state index contributed by atoms with van der Waals surface area (Å²) in [6.45, 7) is 10.2. The number of hydrogen-bond donors (Lipinski definition) is 1. The van der Waals surface area contributed by atoms with Crippen LogP contribution in [0.1, 0.15) is 59.3 Å². The van der Waals surface area contributed by atoms with Crippen molar-refractivity contribution < 1.29 is 29.0 Å². The van der Waals surface area contributed by atoms with E-state index < -0.39 is 35.8 Å². The molecule has 0 saturated heterocycles. The van der Waals surface area contributed by atoms with E-state index in [1.165, 1.54) is 7.11 Å². The van der Waals surface area contributed by atoms with E-state index in [-0.39, 0.29) is 29.1 Å². The van der Waals surface area contributed by atoms with E-state index in [2.05, 4.69) is 31.2 Å². The molecule has 0 spiro atoms. The predicted molar refractivity (Wildman–Crippen MR) is 111 cm³/mol. The summed E-state index contributed by atoms with van der Waals surface area (Å²) in [6.07, 6.45) is 6.53. The Morgan fingerprint density at radius 3 is 2.60 bits per heavy atom. The minimum absolute atomic E-state index is 0.0546. The molecule has 30 heavy (non-hydrogen) atoms. The fraction of sp³-hybridized carbons (Fsp3) is 0.708. The third-order valence-electron chi connectivity index (χ3n) is 8.03. The van der Waals surface area contributed by atoms with E-state index >= 15 is 0 Å². The van der Waals surface area contributed by atoms with E-state index in [4.69, 9.17) is 4.74 Å². The summed E-state index contributed by atoms with van der Waals surface area (Å²) < 4.78 is 10.0. The summed E-state index contributed by atoms with van der Waals surface area (Å²) in [5.41, 5.74) is -0.167. The molecule has 2 saturated carbocycles. The van der Waals surface area contributed by atoms with Gasteiger partial charge in [-0.3, -0.25) is 14.4 Å². The first-order valence-electron chi connectivity index (χ1n) is 10.8. The molecule has 166 valence electrons. The molecule has 3 rings (SSSR count). The van der Waals surface area contributed by atoms with Crippen molar-refractivity contribution in [2.75, 3.05) is 13.7 Å². The van der Waals surface area contributed by atoms with Crippen LogP contribution in [0.3, 0.4) is 0 Å². The second kappa shape index (κ2) is 7.95. The van der Waals surface area contributed by atoms with E-state index in [1.54, 1.807) is 6.08 Å². The molecule has 0 aromatic rings. The Labute approximate surface area is 178 Å². The fourth-order valence-electron chi connectivity index (χ4n) is 6.10. The zero-order valence-corrected chi connectivity index (χ0v) is 18.5. The summed E-state index contributed by atoms with van der Waals surface area (Å²) in [4.78, 5) is 36.6. The Morgan fingerprint density at radius 1 is 1.27 bits per heavy atom. The lowest BCUT2D eigenvalue weighted by atomic mass is 9.45. The van der Waals surface area contributed by atoms with Gasteiger partial charge >= 0.3 is 11.9 Å². The summed E-state index contributed by atoms with van der Waals surface area (Å²) in [7, 11) is 1.24. The molecule has 6 nitrogen and oxygen atoms in total. The number of hydrogen-bond acceptors (Lipinski definition) is 6. The monoisotopic (exact) mass is 418 g/mol. The van der Waals surface area contributed by atoms with Crippen LogP contribution in [-0.4, -0.2) is 42.6 Å². The van der Waals surface area contributed by atoms with Crippen LogP contribution < -0.4 is 0 Å². The van der Waals surface area contributed by atoms with Gasteiger partial charge in [0.1, 0.15) is 6.42 Å². The largest absolute Gasteiger partial charge is 0.469 e. The number of methoxy groups -OCH3 is 1. The summed E-state index contributed by atoms with van der Waals surface area (Å²) in [5.74, 6) is -1.58. The van der Waals surface area contributed by atoms with Gasteiger partial charge in [0, 0.05) is 10.8 Å². The van der Waals surface area contributed by atoms with E-state index in [0.717, 1.165) is 24.8 Å². The Kier molecular flexibility index (Phi) is 6.02. The van der Waals surface area contributed by atoms with Gasteiger partial charge in [-0.1, -0.05) is 38.0 Å². The smallest absolute Gasteiger partial charge is 0.317 e. The topological polar surface area (TPSA) is 89.9 Å². The predicted octanol–water partition coefficient (Wildman–Crippen LogP) is 3.38. The van der Waals surface area contributed by atoms with Crippen LogP contribution >= 0.6 is 0 Å². The standard InChI is InChI=1S/C24H34O6/c1-6-22(2)11-8-15-20(21(22)28)16(25)12-17-23(3,9-7-10-24(15,17)4)14-30-19(27)13-18(26)29-5/h6,8,16-17,20,25H,1,7,9-14H2,2-5H3/t16-,17-,20-,22-,23-,24+/m0/s1. The first-order chi connectivity index (χ1) is 14.0. The van der Waals surface area contributed by atoms with E-state index in [9.17, 15) is 19.5 Å². The van der Waals surface area contributed by atoms with Gasteiger partial charge in [0.2, 0.25) is 0 Å². The third-order valence-corrected chi connectivity index (χ3v) is 8.03. The van der Waals surface area contributed by atoms with Gasteiger partial charge in [0.15, 0.2) is 5.78 Å². The zero-order valence-electron chi connectivity index (χ0n) is 18.5. The summed E-state index contributed by atoms with van der Waals surface area (Å²) >= 11 is 0. The minimum atomic E-state index is -0.760. The number of ketones is 1. The molecule has 0 unspecified atom stereocenters. The maximum atomic E-state index is 13.3. The Balaban J connectivity index is 1.86. The van der Waals surface area contributed by atoms with Crippen LogP contribution in [0.5, 0.6) is 0 Å². The highest BCUT2D eigenvalue weighted by atomic mass is 16.5. The number of carbonyl (C=O) groups is 3. The highest BCUT2D eigenvalue weighted by molar-refractivity contribution is 5.93. The summed E-state index contributed by atoms with van der Waals surface area (Å²) in [5, 5.41) is 11.1. The molecule has 3 aliphatic rings. The quantitative estimate of drug-likeness (QED) is 0.418. The molecule has 1 N–H and O–H groups in total. The molecule has 0 radical (unpaired) electrons. The lowest BCUT2D eigenvalue weighted by Crippen LogP contribution is -2.57. The van der Waals surface area contributed by atoms with E-state index in [1.807, 2.05) is 6.92 Å². The molecule has 6 heteroatoms. The molecular weight excluding hydrogens is 384 g/mol. The summed E-state index contributed by atoms with van der Waals surface area (Å²) in [6, 6.07) is 0. The van der Waals surface area contributed by atoms with Crippen molar-refractivity contribution >= 4 is 17.7 Å². The molecule has 6 atom stereocenters. The molecular formula is C24H34O6. The number of ether oxygens (including phenoxy) is 2. The van der Waals surface area contributed by atoms with Gasteiger partial charge in [-0.05, 0) is 43.9 Å². The number of rotatable bonds is 5. The van der Waals surface area contributed by atoms with Crippen LogP contribution in [0.2, 0.25) is 0 Å². The molecule has 0 aliphatic heterocycles. The SMILES string of the molecule is C=C[C@@]1(C)CC=C2[C@H](C1=O)[C@@H](O)C[C@H]1[C@](C)(COC(=O)CC(=O)OC)CCC[C@]21C. The molecule has 3 aliphatic carbocycles. The lowest BCUT2D eigenvalue weighted by molar-refractivity contribution is -0.161. The van der Waals surface area contributed by atoms with Gasteiger partial charge in [-0.15, -0.1) is 6.58 Å². The highest BCUT2D eigenvalue weighted by Gasteiger charge is 2.60. The van der Waals surface area contributed by atoms with E-state index in [0.29, 0.717) is 12.8 Å². The Hall–Kier alpha value is -1.95. The van der Waals surface area contributed by atoms with Gasteiger partial charge in [0.25, 0.3) is 0 Å². The molecule has 0 aromatic carbocycles. The third kappa shape index (κ3) is 3.64. The normalized spacial score (nSPS) is 40.5. The molecule has 0 aromatic heterocycles. The molecule has 0 bridgehead atoms. The molecule has 0 amide bonds. The van der Waals surface area contributed by atoms with Crippen molar-refractivity contribution in [1.82, 2.24) is 0 Å². The minimum Gasteiger partial charge on any atom is -0.469 e. The number of aliphatic hydroxyl groups is 1. The first-order valence-corrected chi connectivity index (χ1v) is 10.8. The second-order valence-electron chi connectivity index (χ2n) is 10.0. The van der Waals surface area contributed by atoms with Crippen LogP contribution in [-0.2, 0) is 23.9 Å². The van der Waals surface area contributed by atoms with Crippen molar-refractivity contribution in [2.24, 2.45) is 28.1 Å². The number of carbonyl (C=O) groups excluding carboxylic acids is 3. The number of aliphatic hydroxyl groups excluding tert-OH is 1. The van der Waals surface area contributed by atoms with Gasteiger partial charge in [-0.25, -0.2) is 0 Å². The van der Waals surface area contributed by atoms with Crippen LogP contribution in [0.4, 0.5) is 0 Å². The van der Waals surface area contributed by atoms with Crippen molar-refractivity contribution in [3.8, 4) is 0 Å². The number of fused-ring (bicyclic) bond motifs is 3. The van der Waals surface area contributed by atoms with Crippen LogP contribution in [0, 0.1) is 28.1 Å². The average Bonchev–Trinajstić information content (AvgIpc) is 2.70.